The first kappa shape index (κ1) is 15.4. The molecule has 0 spiro atoms. The fourth-order valence-electron chi connectivity index (χ4n) is 3.58. The monoisotopic (exact) mass is 342 g/mol. The van der Waals surface area contributed by atoms with Crippen LogP contribution in [0.2, 0.25) is 0 Å². The lowest BCUT2D eigenvalue weighted by Crippen LogP contribution is -2.31. The third-order valence-corrected chi connectivity index (χ3v) is 5.55. The Hall–Kier alpha value is -0.0100. The van der Waals surface area contributed by atoms with Gasteiger partial charge in [0, 0.05) is 9.85 Å². The van der Waals surface area contributed by atoms with E-state index in [-0.39, 0.29) is 5.38 Å². The predicted octanol–water partition coefficient (Wildman–Crippen LogP) is 6.21. The van der Waals surface area contributed by atoms with Gasteiger partial charge in [-0.25, -0.2) is 0 Å². The summed E-state index contributed by atoms with van der Waals surface area (Å²) in [6.45, 7) is 4.65. The highest BCUT2D eigenvalue weighted by Crippen LogP contribution is 2.48. The van der Waals surface area contributed by atoms with Gasteiger partial charge in [-0.05, 0) is 54.7 Å². The van der Waals surface area contributed by atoms with Crippen LogP contribution in [0.3, 0.4) is 0 Å². The Labute approximate surface area is 131 Å². The number of benzene rings is 1. The van der Waals surface area contributed by atoms with E-state index in [0.717, 1.165) is 16.8 Å². The normalized spacial score (nSPS) is 19.8. The van der Waals surface area contributed by atoms with Gasteiger partial charge in [-0.15, -0.1) is 11.6 Å². The molecule has 106 valence electrons. The third-order valence-electron chi connectivity index (χ3n) is 4.41. The number of hydrogen-bond acceptors (Lipinski definition) is 0. The summed E-state index contributed by atoms with van der Waals surface area (Å²) in [6.07, 6.45) is 7.62. The number of hydrogen-bond donors (Lipinski definition) is 0. The van der Waals surface area contributed by atoms with Crippen LogP contribution in [0, 0.1) is 11.3 Å². The van der Waals surface area contributed by atoms with Crippen molar-refractivity contribution in [3.05, 3.63) is 34.3 Å². The molecule has 0 radical (unpaired) electrons. The largest absolute Gasteiger partial charge is 0.122 e. The highest BCUT2D eigenvalue weighted by molar-refractivity contribution is 9.10. The van der Waals surface area contributed by atoms with Crippen LogP contribution in [0.15, 0.2) is 28.7 Å². The molecule has 0 heterocycles. The van der Waals surface area contributed by atoms with Gasteiger partial charge in [0.25, 0.3) is 0 Å². The van der Waals surface area contributed by atoms with Gasteiger partial charge >= 0.3 is 0 Å². The molecular weight excluding hydrogens is 320 g/mol. The summed E-state index contributed by atoms with van der Waals surface area (Å²) in [6, 6.07) is 8.61. The van der Waals surface area contributed by atoms with Gasteiger partial charge in [-0.3, -0.25) is 0 Å². The lowest BCUT2D eigenvalue weighted by molar-refractivity contribution is 0.221. The van der Waals surface area contributed by atoms with Crippen molar-refractivity contribution in [1.29, 1.82) is 0 Å². The molecule has 1 aromatic carbocycles. The van der Waals surface area contributed by atoms with Crippen LogP contribution >= 0.6 is 27.5 Å². The Morgan fingerprint density at radius 1 is 1.16 bits per heavy atom. The maximum Gasteiger partial charge on any atom is 0.0432 e. The number of halogens is 2. The Bertz CT molecular complexity index is 390. The number of rotatable bonds is 5. The Balaban J connectivity index is 2.07. The quantitative estimate of drug-likeness (QED) is 0.558. The van der Waals surface area contributed by atoms with Crippen molar-refractivity contribution in [2.24, 2.45) is 11.3 Å². The third kappa shape index (κ3) is 3.98. The summed E-state index contributed by atoms with van der Waals surface area (Å²) >= 11 is 10.3. The van der Waals surface area contributed by atoms with E-state index in [1.807, 2.05) is 0 Å². The molecule has 0 saturated heterocycles. The van der Waals surface area contributed by atoms with Gasteiger partial charge in [0.15, 0.2) is 0 Å². The average Bonchev–Trinajstić information content (AvgIpc) is 2.81. The van der Waals surface area contributed by atoms with E-state index in [9.17, 15) is 0 Å². The summed E-state index contributed by atoms with van der Waals surface area (Å²) in [4.78, 5) is 0. The SMILES string of the molecule is CC(C)CC1(C(Cl)Cc2ccc(Br)cc2)CCCC1. The van der Waals surface area contributed by atoms with Crippen LogP contribution in [-0.4, -0.2) is 5.38 Å². The molecule has 1 saturated carbocycles. The first-order valence-corrected chi connectivity index (χ1v) is 8.63. The second-order valence-corrected chi connectivity index (χ2v) is 7.91. The highest BCUT2D eigenvalue weighted by Gasteiger charge is 2.40. The molecule has 0 nitrogen and oxygen atoms in total. The van der Waals surface area contributed by atoms with Crippen molar-refractivity contribution < 1.29 is 0 Å². The van der Waals surface area contributed by atoms with Gasteiger partial charge in [0.1, 0.15) is 0 Å². The standard InChI is InChI=1S/C17H24BrCl/c1-13(2)12-17(9-3-4-10-17)16(19)11-14-5-7-15(18)8-6-14/h5-8,13,16H,3-4,9-12H2,1-2H3. The van der Waals surface area contributed by atoms with Gasteiger partial charge in [-0.2, -0.15) is 0 Å². The minimum atomic E-state index is 0.276. The topological polar surface area (TPSA) is 0 Å². The van der Waals surface area contributed by atoms with Gasteiger partial charge in [0.2, 0.25) is 0 Å². The van der Waals surface area contributed by atoms with E-state index in [2.05, 4.69) is 54.0 Å². The maximum atomic E-state index is 6.85. The summed E-state index contributed by atoms with van der Waals surface area (Å²) in [7, 11) is 0. The van der Waals surface area contributed by atoms with Crippen molar-refractivity contribution in [2.45, 2.75) is 57.7 Å². The van der Waals surface area contributed by atoms with Crippen LogP contribution in [0.4, 0.5) is 0 Å². The molecule has 1 unspecified atom stereocenters. The van der Waals surface area contributed by atoms with Crippen molar-refractivity contribution in [2.75, 3.05) is 0 Å². The molecule has 1 aliphatic carbocycles. The zero-order chi connectivity index (χ0) is 13.9. The van der Waals surface area contributed by atoms with E-state index in [1.54, 1.807) is 0 Å². The van der Waals surface area contributed by atoms with Crippen LogP contribution in [0.1, 0.15) is 51.5 Å². The second-order valence-electron chi connectivity index (χ2n) is 6.47. The van der Waals surface area contributed by atoms with Gasteiger partial charge < -0.3 is 0 Å². The molecular formula is C17H24BrCl. The molecule has 0 aromatic heterocycles. The molecule has 19 heavy (non-hydrogen) atoms. The minimum absolute atomic E-state index is 0.276. The van der Waals surface area contributed by atoms with Crippen molar-refractivity contribution in [1.82, 2.24) is 0 Å². The maximum absolute atomic E-state index is 6.85. The Morgan fingerprint density at radius 3 is 2.26 bits per heavy atom. The van der Waals surface area contributed by atoms with Crippen LogP contribution in [0.5, 0.6) is 0 Å². The molecule has 2 heteroatoms. The van der Waals surface area contributed by atoms with Crippen LogP contribution < -0.4 is 0 Å². The Kier molecular flexibility index (Phi) is 5.37. The number of alkyl halides is 1. The van der Waals surface area contributed by atoms with Crippen molar-refractivity contribution in [3.8, 4) is 0 Å². The first-order chi connectivity index (χ1) is 9.02. The lowest BCUT2D eigenvalue weighted by Gasteiger charge is -2.36. The second kappa shape index (κ2) is 6.63. The van der Waals surface area contributed by atoms with Crippen LogP contribution in [-0.2, 0) is 6.42 Å². The molecule has 1 atom stereocenters. The fraction of sp³-hybridized carbons (Fsp3) is 0.647. The average molecular weight is 344 g/mol. The molecule has 0 amide bonds. The zero-order valence-electron chi connectivity index (χ0n) is 12.0. The molecule has 2 rings (SSSR count). The zero-order valence-corrected chi connectivity index (χ0v) is 14.3. The molecule has 0 aliphatic heterocycles. The fourth-order valence-corrected chi connectivity index (χ4v) is 4.33. The van der Waals surface area contributed by atoms with Crippen LogP contribution in [0.25, 0.3) is 0 Å². The van der Waals surface area contributed by atoms with E-state index >= 15 is 0 Å². The van der Waals surface area contributed by atoms with Crippen molar-refractivity contribution in [3.63, 3.8) is 0 Å². The van der Waals surface area contributed by atoms with E-state index in [1.165, 1.54) is 37.7 Å². The van der Waals surface area contributed by atoms with Gasteiger partial charge in [0.05, 0.1) is 0 Å². The lowest BCUT2D eigenvalue weighted by atomic mass is 9.74. The summed E-state index contributed by atoms with van der Waals surface area (Å²) in [5, 5.41) is 0.276. The van der Waals surface area contributed by atoms with E-state index in [4.69, 9.17) is 11.6 Å². The summed E-state index contributed by atoms with van der Waals surface area (Å²) < 4.78 is 1.14. The molecule has 1 aliphatic rings. The minimum Gasteiger partial charge on any atom is -0.122 e. The molecule has 0 N–H and O–H groups in total. The highest BCUT2D eigenvalue weighted by atomic mass is 79.9. The first-order valence-electron chi connectivity index (χ1n) is 7.40. The summed E-state index contributed by atoms with van der Waals surface area (Å²) in [5.41, 5.74) is 1.74. The van der Waals surface area contributed by atoms with E-state index < -0.39 is 0 Å². The van der Waals surface area contributed by atoms with Gasteiger partial charge in [-0.1, -0.05) is 54.8 Å². The Morgan fingerprint density at radius 2 is 1.74 bits per heavy atom. The van der Waals surface area contributed by atoms with E-state index in [0.29, 0.717) is 5.41 Å². The predicted molar refractivity (Wildman–Crippen MR) is 87.8 cm³/mol. The van der Waals surface area contributed by atoms with Crippen molar-refractivity contribution >= 4 is 27.5 Å². The smallest absolute Gasteiger partial charge is 0.0432 e. The molecule has 0 bridgehead atoms. The summed E-state index contributed by atoms with van der Waals surface area (Å²) in [5.74, 6) is 0.740. The molecule has 1 fully saturated rings. The molecule has 1 aromatic rings.